The zero-order valence-corrected chi connectivity index (χ0v) is 18.4. The van der Waals surface area contributed by atoms with Crippen molar-refractivity contribution in [2.75, 3.05) is 22.9 Å². The largest absolute Gasteiger partial charge is 0.480 e. The summed E-state index contributed by atoms with van der Waals surface area (Å²) in [7, 11) is 0. The summed E-state index contributed by atoms with van der Waals surface area (Å²) >= 11 is 0. The molecule has 0 spiro atoms. The first kappa shape index (κ1) is 24.4. The van der Waals surface area contributed by atoms with Gasteiger partial charge >= 0.3 is 11.9 Å². The van der Waals surface area contributed by atoms with Gasteiger partial charge in [-0.15, -0.1) is 0 Å². The number of esters is 1. The predicted octanol–water partition coefficient (Wildman–Crippen LogP) is -0.254. The third kappa shape index (κ3) is 5.85. The number of nitrogens with one attached hydrogen (secondary N) is 4. The van der Waals surface area contributed by atoms with Crippen LogP contribution in [0.15, 0.2) is 4.79 Å². The molecule has 0 aliphatic carbocycles. The zero-order valence-electron chi connectivity index (χ0n) is 18.4. The number of nitrogens with zero attached hydrogens (tertiary/aromatic N) is 1. The van der Waals surface area contributed by atoms with Gasteiger partial charge in [-0.1, -0.05) is 34.6 Å². The van der Waals surface area contributed by atoms with E-state index in [0.29, 0.717) is 12.4 Å². The number of nitrogen functional groups attached to an aromatic ring is 1. The number of aromatic nitrogens is 2. The number of rotatable bonds is 9. The molecule has 31 heavy (non-hydrogen) atoms. The Balaban J connectivity index is 2.28. The third-order valence-corrected chi connectivity index (χ3v) is 5.38. The SMILES string of the molecule is CC(C)[C@H](N)C(=O)O[C@@H](N[C@H](C(=O)O)C(C)C)[C@H](C)[C@H]1CNc2nc(N)[nH]c(=O)c2N1. The van der Waals surface area contributed by atoms with Gasteiger partial charge in [0.25, 0.3) is 5.56 Å². The summed E-state index contributed by atoms with van der Waals surface area (Å²) < 4.78 is 5.63. The summed E-state index contributed by atoms with van der Waals surface area (Å²) in [6.45, 7) is 9.22. The maximum atomic E-state index is 12.5. The van der Waals surface area contributed by atoms with Crippen molar-refractivity contribution >= 4 is 29.4 Å². The lowest BCUT2D eigenvalue weighted by Gasteiger charge is -2.37. The van der Waals surface area contributed by atoms with Gasteiger partial charge in [0.1, 0.15) is 17.8 Å². The van der Waals surface area contributed by atoms with Gasteiger partial charge < -0.3 is 31.9 Å². The predicted molar refractivity (Wildman–Crippen MR) is 116 cm³/mol. The molecular weight excluding hydrogens is 406 g/mol. The van der Waals surface area contributed by atoms with E-state index in [4.69, 9.17) is 16.2 Å². The Hall–Kier alpha value is -2.86. The maximum absolute atomic E-state index is 12.5. The summed E-state index contributed by atoms with van der Waals surface area (Å²) in [5.74, 6) is -2.25. The zero-order chi connectivity index (χ0) is 23.5. The topological polar surface area (TPSA) is 197 Å². The van der Waals surface area contributed by atoms with Crippen LogP contribution < -0.4 is 33.0 Å². The average Bonchev–Trinajstić information content (AvgIpc) is 2.68. The molecule has 12 heteroatoms. The first-order valence-electron chi connectivity index (χ1n) is 10.3. The second kappa shape index (κ2) is 9.96. The molecule has 1 aromatic heterocycles. The Bertz CT molecular complexity index is 857. The monoisotopic (exact) mass is 439 g/mol. The van der Waals surface area contributed by atoms with Crippen molar-refractivity contribution in [3.8, 4) is 0 Å². The minimum absolute atomic E-state index is 0.0121. The van der Waals surface area contributed by atoms with Gasteiger partial charge in [-0.2, -0.15) is 4.98 Å². The molecule has 0 saturated carbocycles. The van der Waals surface area contributed by atoms with E-state index >= 15 is 0 Å². The highest BCUT2D eigenvalue weighted by atomic mass is 16.6. The van der Waals surface area contributed by atoms with E-state index in [0.717, 1.165) is 0 Å². The van der Waals surface area contributed by atoms with Crippen LogP contribution in [-0.2, 0) is 14.3 Å². The molecule has 0 radical (unpaired) electrons. The number of aliphatic carboxylic acids is 1. The molecular formula is C19H33N7O5. The summed E-state index contributed by atoms with van der Waals surface area (Å²) in [6.07, 6.45) is -0.970. The smallest absolute Gasteiger partial charge is 0.324 e. The van der Waals surface area contributed by atoms with E-state index in [-0.39, 0.29) is 29.5 Å². The van der Waals surface area contributed by atoms with Crippen molar-refractivity contribution in [3.63, 3.8) is 0 Å². The Morgan fingerprint density at radius 3 is 2.42 bits per heavy atom. The number of hydrogen-bond acceptors (Lipinski definition) is 10. The van der Waals surface area contributed by atoms with Crippen LogP contribution in [0.4, 0.5) is 17.5 Å². The number of nitrogens with two attached hydrogens (primary N) is 2. The van der Waals surface area contributed by atoms with Gasteiger partial charge in [-0.05, 0) is 11.8 Å². The lowest BCUT2D eigenvalue weighted by Crippen LogP contribution is -2.56. The van der Waals surface area contributed by atoms with Crippen LogP contribution in [-0.4, -0.2) is 57.9 Å². The quantitative estimate of drug-likeness (QED) is 0.198. The number of H-pyrrole nitrogens is 1. The molecule has 1 aliphatic heterocycles. The van der Waals surface area contributed by atoms with Crippen molar-refractivity contribution in [3.05, 3.63) is 10.4 Å². The molecule has 5 atom stereocenters. The van der Waals surface area contributed by atoms with Crippen LogP contribution in [0.1, 0.15) is 34.6 Å². The van der Waals surface area contributed by atoms with Crippen molar-refractivity contribution < 1.29 is 19.4 Å². The highest BCUT2D eigenvalue weighted by Gasteiger charge is 2.37. The number of fused-ring (bicyclic) bond motifs is 1. The van der Waals surface area contributed by atoms with Crippen molar-refractivity contribution in [2.45, 2.75) is 59.0 Å². The minimum Gasteiger partial charge on any atom is -0.480 e. The van der Waals surface area contributed by atoms with Crippen molar-refractivity contribution in [2.24, 2.45) is 23.5 Å². The number of anilines is 3. The molecule has 0 amide bonds. The standard InChI is InChI=1S/C19H33N7O5/c1-7(2)11(20)18(30)31-16(24-12(8(3)4)17(28)29)9(5)10-6-22-14-13(23-10)15(27)26-19(21)25-14/h7-12,16,23-24H,6,20H2,1-5H3,(H,28,29)(H4,21,22,25,26,27)/t9-,10-,11+,12+,16-/m1/s1. The molecule has 0 fully saturated rings. The Labute approximate surface area is 180 Å². The fourth-order valence-corrected chi connectivity index (χ4v) is 3.22. The molecule has 0 saturated heterocycles. The van der Waals surface area contributed by atoms with Crippen LogP contribution in [0, 0.1) is 17.8 Å². The molecule has 0 unspecified atom stereocenters. The normalized spacial score (nSPS) is 19.5. The molecule has 0 bridgehead atoms. The molecule has 174 valence electrons. The van der Waals surface area contributed by atoms with E-state index in [1.54, 1.807) is 34.6 Å². The number of carboxylic acid groups (broad SMARTS) is 1. The Morgan fingerprint density at radius 1 is 1.23 bits per heavy atom. The van der Waals surface area contributed by atoms with Crippen LogP contribution in [0.2, 0.25) is 0 Å². The average molecular weight is 440 g/mol. The number of carboxylic acids is 1. The van der Waals surface area contributed by atoms with Crippen LogP contribution in [0.25, 0.3) is 0 Å². The minimum atomic E-state index is -1.06. The third-order valence-electron chi connectivity index (χ3n) is 5.38. The fourth-order valence-electron chi connectivity index (χ4n) is 3.22. The van der Waals surface area contributed by atoms with Gasteiger partial charge in [-0.25, -0.2) is 0 Å². The molecule has 0 aromatic carbocycles. The molecule has 12 nitrogen and oxygen atoms in total. The highest BCUT2D eigenvalue weighted by molar-refractivity contribution is 5.76. The number of aromatic amines is 1. The first-order chi connectivity index (χ1) is 14.4. The second-order valence-electron chi connectivity index (χ2n) is 8.52. The second-order valence-corrected chi connectivity index (χ2v) is 8.52. The fraction of sp³-hybridized carbons (Fsp3) is 0.684. The summed E-state index contributed by atoms with van der Waals surface area (Å²) in [6, 6.07) is -2.20. The lowest BCUT2D eigenvalue weighted by molar-refractivity contribution is -0.160. The summed E-state index contributed by atoms with van der Waals surface area (Å²) in [5, 5.41) is 18.7. The van der Waals surface area contributed by atoms with Gasteiger partial charge in [0.2, 0.25) is 5.95 Å². The van der Waals surface area contributed by atoms with Gasteiger partial charge in [-0.3, -0.25) is 24.7 Å². The summed E-state index contributed by atoms with van der Waals surface area (Å²) in [4.78, 5) is 43.0. The van der Waals surface area contributed by atoms with Crippen LogP contribution in [0.5, 0.6) is 0 Å². The number of ether oxygens (including phenoxy) is 1. The molecule has 9 N–H and O–H groups in total. The first-order valence-corrected chi connectivity index (χ1v) is 10.3. The van der Waals surface area contributed by atoms with E-state index < -0.39 is 41.7 Å². The van der Waals surface area contributed by atoms with Gasteiger partial charge in [0.05, 0.1) is 6.04 Å². The van der Waals surface area contributed by atoms with E-state index in [9.17, 15) is 19.5 Å². The van der Waals surface area contributed by atoms with E-state index in [1.165, 1.54) is 0 Å². The Kier molecular flexibility index (Phi) is 7.85. The Morgan fingerprint density at radius 2 is 1.87 bits per heavy atom. The number of hydrogen-bond donors (Lipinski definition) is 7. The lowest BCUT2D eigenvalue weighted by atomic mass is 9.95. The molecule has 2 heterocycles. The van der Waals surface area contributed by atoms with Crippen molar-refractivity contribution in [1.82, 2.24) is 15.3 Å². The van der Waals surface area contributed by atoms with E-state index in [1.807, 2.05) is 0 Å². The number of carbonyl (C=O) groups excluding carboxylic acids is 1. The van der Waals surface area contributed by atoms with E-state index in [2.05, 4.69) is 25.9 Å². The van der Waals surface area contributed by atoms with Crippen LogP contribution in [0.3, 0.4) is 0 Å². The maximum Gasteiger partial charge on any atom is 0.324 e. The molecule has 1 aliphatic rings. The van der Waals surface area contributed by atoms with Crippen molar-refractivity contribution in [1.29, 1.82) is 0 Å². The molecule has 1 aromatic rings. The molecule has 2 rings (SSSR count). The van der Waals surface area contributed by atoms with Gasteiger partial charge in [0.15, 0.2) is 12.0 Å². The van der Waals surface area contributed by atoms with Gasteiger partial charge in [0, 0.05) is 12.5 Å². The number of carbonyl (C=O) groups is 2. The highest BCUT2D eigenvalue weighted by Crippen LogP contribution is 2.25. The summed E-state index contributed by atoms with van der Waals surface area (Å²) in [5.41, 5.74) is 11.3. The van der Waals surface area contributed by atoms with Crippen LogP contribution >= 0.6 is 0 Å².